The van der Waals surface area contributed by atoms with Gasteiger partial charge in [0.25, 0.3) is 22.0 Å². The first-order valence-corrected chi connectivity index (χ1v) is 23.6. The number of amides is 2. The fraction of sp³-hybridized carbons (Fsp3) is 0.512. The molecule has 5 heterocycles. The van der Waals surface area contributed by atoms with E-state index in [9.17, 15) is 27.9 Å². The first-order valence-electron chi connectivity index (χ1n) is 21.3. The molecule has 2 aromatic carbocycles. The topological polar surface area (TPSA) is 201 Å². The minimum atomic E-state index is -3.71. The maximum Gasteiger partial charge on any atom is 0.309 e. The summed E-state index contributed by atoms with van der Waals surface area (Å²) in [5.41, 5.74) is 5.16. The molecule has 3 fully saturated rings. The highest BCUT2D eigenvalue weighted by molar-refractivity contribution is 7.86. The highest BCUT2D eigenvalue weighted by Crippen LogP contribution is 2.63. The number of halogens is 2. The molecule has 2 aromatic heterocycles. The summed E-state index contributed by atoms with van der Waals surface area (Å²) in [6, 6.07) is 10.8. The zero-order valence-electron chi connectivity index (χ0n) is 34.9. The second-order valence-electron chi connectivity index (χ2n) is 18.0. The Morgan fingerprint density at radius 2 is 1.34 bits per heavy atom. The average molecular weight is 908 g/mol. The van der Waals surface area contributed by atoms with Gasteiger partial charge in [-0.2, -0.15) is 12.7 Å². The van der Waals surface area contributed by atoms with Crippen LogP contribution in [0.3, 0.4) is 0 Å². The number of imidazole rings is 2. The Morgan fingerprint density at radius 1 is 0.806 bits per heavy atom. The SMILES string of the molecule is Cn1c(C(=O)Nc2cccc(-c3cccc(NC(=O)c4nc5c(n4C)CCN(C4CCN(S(N)(=O)=O)CC4)C5)c3Cl)c2Cl)nc2c1CCN(CCC13CCC(C(=O)O)(CC1)C3)C2. The summed E-state index contributed by atoms with van der Waals surface area (Å²) in [6.07, 6.45) is 8.09. The minimum Gasteiger partial charge on any atom is -0.481 e. The fourth-order valence-corrected chi connectivity index (χ4v) is 12.2. The van der Waals surface area contributed by atoms with Crippen LogP contribution in [0.1, 0.15) is 95.4 Å². The number of benzene rings is 2. The lowest BCUT2D eigenvalue weighted by atomic mass is 9.80. The molecular weight excluding hydrogens is 856 g/mol. The molecule has 9 rings (SSSR count). The third-order valence-electron chi connectivity index (χ3n) is 14.5. The quantitative estimate of drug-likeness (QED) is 0.150. The molecule has 5 aliphatic rings. The van der Waals surface area contributed by atoms with Gasteiger partial charge in [0.2, 0.25) is 0 Å². The molecular formula is C43H52Cl2N10O6S. The van der Waals surface area contributed by atoms with E-state index in [1.807, 2.05) is 23.2 Å². The van der Waals surface area contributed by atoms with Gasteiger partial charge < -0.3 is 24.9 Å². The van der Waals surface area contributed by atoms with E-state index < -0.39 is 33.4 Å². The van der Waals surface area contributed by atoms with Crippen LogP contribution in [0, 0.1) is 10.8 Å². The largest absolute Gasteiger partial charge is 0.481 e. The number of hydrogen-bond donors (Lipinski definition) is 4. The Kier molecular flexibility index (Phi) is 11.3. The lowest BCUT2D eigenvalue weighted by Gasteiger charge is -2.39. The predicted molar refractivity (Wildman–Crippen MR) is 235 cm³/mol. The van der Waals surface area contributed by atoms with E-state index in [0.717, 1.165) is 87.4 Å². The van der Waals surface area contributed by atoms with Gasteiger partial charge in [0.15, 0.2) is 11.6 Å². The van der Waals surface area contributed by atoms with Gasteiger partial charge in [-0.05, 0) is 75.5 Å². The molecule has 0 radical (unpaired) electrons. The maximum atomic E-state index is 13.8. The van der Waals surface area contributed by atoms with Crippen molar-refractivity contribution in [3.8, 4) is 11.1 Å². The van der Waals surface area contributed by atoms with Crippen LogP contribution >= 0.6 is 23.2 Å². The molecule has 0 spiro atoms. The third kappa shape index (κ3) is 7.83. The number of hydrogen-bond acceptors (Lipinski definition) is 9. The lowest BCUT2D eigenvalue weighted by Crippen LogP contribution is -2.49. The number of piperidine rings is 1. The highest BCUT2D eigenvalue weighted by Gasteiger charge is 2.57. The van der Waals surface area contributed by atoms with Crippen LogP contribution in [0.2, 0.25) is 10.0 Å². The maximum absolute atomic E-state index is 13.8. The number of carboxylic acid groups (broad SMARTS) is 1. The number of nitrogens with zero attached hydrogens (tertiary/aromatic N) is 7. The zero-order chi connectivity index (χ0) is 43.7. The predicted octanol–water partition coefficient (Wildman–Crippen LogP) is 5.44. The van der Waals surface area contributed by atoms with Gasteiger partial charge >= 0.3 is 5.97 Å². The van der Waals surface area contributed by atoms with Crippen molar-refractivity contribution in [1.82, 2.24) is 33.2 Å². The number of fused-ring (bicyclic) bond motifs is 4. The summed E-state index contributed by atoms with van der Waals surface area (Å²) >= 11 is 14.0. The van der Waals surface area contributed by atoms with E-state index in [1.54, 1.807) is 36.4 Å². The van der Waals surface area contributed by atoms with E-state index in [-0.39, 0.29) is 33.2 Å². The van der Waals surface area contributed by atoms with Crippen molar-refractivity contribution in [2.75, 3.05) is 43.4 Å². The fourth-order valence-electron chi connectivity index (χ4n) is 10.9. The summed E-state index contributed by atoms with van der Waals surface area (Å²) in [5, 5.41) is 21.6. The highest BCUT2D eigenvalue weighted by atomic mass is 35.5. The monoisotopic (exact) mass is 906 g/mol. The van der Waals surface area contributed by atoms with E-state index >= 15 is 0 Å². The molecule has 3 aliphatic heterocycles. The number of rotatable bonds is 11. The number of carbonyl (C=O) groups is 3. The Labute approximate surface area is 370 Å². The molecule has 0 unspecified atom stereocenters. The average Bonchev–Trinajstić information content (AvgIpc) is 4.01. The number of nitrogens with two attached hydrogens (primary N) is 1. The van der Waals surface area contributed by atoms with Crippen molar-refractivity contribution in [1.29, 1.82) is 0 Å². The second-order valence-corrected chi connectivity index (χ2v) is 20.3. The van der Waals surface area contributed by atoms with Gasteiger partial charge in [0, 0.05) is 94.8 Å². The number of aromatic nitrogens is 4. The van der Waals surface area contributed by atoms with Gasteiger partial charge in [-0.3, -0.25) is 24.2 Å². The molecule has 4 aromatic rings. The molecule has 2 saturated carbocycles. The number of carbonyl (C=O) groups excluding carboxylic acids is 2. The van der Waals surface area contributed by atoms with Crippen LogP contribution in [0.25, 0.3) is 11.1 Å². The Bertz CT molecular complexity index is 2580. The van der Waals surface area contributed by atoms with Gasteiger partial charge in [-0.25, -0.2) is 15.1 Å². The van der Waals surface area contributed by atoms with E-state index in [2.05, 4.69) is 20.4 Å². The van der Waals surface area contributed by atoms with Crippen molar-refractivity contribution in [3.63, 3.8) is 0 Å². The van der Waals surface area contributed by atoms with E-state index in [1.165, 1.54) is 4.31 Å². The van der Waals surface area contributed by atoms with Crippen molar-refractivity contribution in [3.05, 3.63) is 80.9 Å². The first kappa shape index (κ1) is 42.9. The van der Waals surface area contributed by atoms with E-state index in [4.69, 9.17) is 38.3 Å². The van der Waals surface area contributed by atoms with Gasteiger partial charge in [-0.15, -0.1) is 0 Å². The molecule has 16 nitrogen and oxygen atoms in total. The second kappa shape index (κ2) is 16.3. The summed E-state index contributed by atoms with van der Waals surface area (Å²) in [7, 11) is -0.0214. The van der Waals surface area contributed by atoms with Crippen molar-refractivity contribution < 1.29 is 27.9 Å². The van der Waals surface area contributed by atoms with Crippen LogP contribution in [-0.4, -0.2) is 103 Å². The van der Waals surface area contributed by atoms with Crippen LogP contribution in [0.5, 0.6) is 0 Å². The molecule has 19 heteroatoms. The first-order chi connectivity index (χ1) is 29.5. The van der Waals surface area contributed by atoms with Crippen molar-refractivity contribution in [2.24, 2.45) is 30.1 Å². The third-order valence-corrected chi connectivity index (χ3v) is 16.4. The van der Waals surface area contributed by atoms with Crippen LogP contribution in [0.4, 0.5) is 11.4 Å². The molecule has 62 heavy (non-hydrogen) atoms. The molecule has 2 bridgehead atoms. The number of anilines is 2. The standard InChI is InChI=1S/C43H52Cl2N10O6S/c1-51-33-11-18-53(22-17-42-13-15-43(25-42,16-14-42)41(58)59)23-31(33)47-37(51)39(56)49-29-7-3-5-27(35(29)44)28-6-4-8-30(36(28)45)50-40(57)38-48-32-24-54(19-12-34(32)52(38)2)26-9-20-55(21-10-26)62(46,60)61/h3-8,26H,9-25H2,1-2H3,(H,49,56)(H,50,57)(H,58,59)(H2,46,60,61). The van der Waals surface area contributed by atoms with Gasteiger partial charge in [-0.1, -0.05) is 47.5 Å². The molecule has 5 N–H and O–H groups in total. The number of aliphatic carboxylic acids is 1. The van der Waals surface area contributed by atoms with Crippen LogP contribution in [0.15, 0.2) is 36.4 Å². The summed E-state index contributed by atoms with van der Waals surface area (Å²) in [5.74, 6) is -0.918. The molecule has 0 atom stereocenters. The van der Waals surface area contributed by atoms with Crippen molar-refractivity contribution >= 4 is 62.6 Å². The summed E-state index contributed by atoms with van der Waals surface area (Å²) < 4.78 is 28.6. The lowest BCUT2D eigenvalue weighted by molar-refractivity contribution is -0.148. The van der Waals surface area contributed by atoms with Crippen LogP contribution < -0.4 is 15.8 Å². The normalized spacial score (nSPS) is 23.3. The molecule has 330 valence electrons. The summed E-state index contributed by atoms with van der Waals surface area (Å²) in [6.45, 7) is 4.43. The van der Waals surface area contributed by atoms with Gasteiger partial charge in [0.1, 0.15) is 0 Å². The van der Waals surface area contributed by atoms with Crippen molar-refractivity contribution in [2.45, 2.75) is 83.3 Å². The Hall–Kier alpha value is -4.36. The Morgan fingerprint density at radius 3 is 1.85 bits per heavy atom. The number of nitrogens with one attached hydrogen (secondary N) is 2. The molecule has 2 amide bonds. The summed E-state index contributed by atoms with van der Waals surface area (Å²) in [4.78, 5) is 53.8. The van der Waals surface area contributed by atoms with E-state index in [0.29, 0.717) is 67.9 Å². The van der Waals surface area contributed by atoms with Gasteiger partial charge in [0.05, 0.1) is 38.2 Å². The smallest absolute Gasteiger partial charge is 0.309 e. The van der Waals surface area contributed by atoms with Crippen LogP contribution in [-0.2, 0) is 55.0 Å². The minimum absolute atomic E-state index is 0.119. The number of carboxylic acids is 1. The molecule has 2 aliphatic carbocycles. The zero-order valence-corrected chi connectivity index (χ0v) is 37.3. The Balaban J connectivity index is 0.847. The molecule has 1 saturated heterocycles.